The van der Waals surface area contributed by atoms with E-state index in [0.29, 0.717) is 12.1 Å². The van der Waals surface area contributed by atoms with E-state index >= 15 is 0 Å². The number of hydrogen-bond donors (Lipinski definition) is 2. The van der Waals surface area contributed by atoms with E-state index in [-0.39, 0.29) is 11.4 Å². The van der Waals surface area contributed by atoms with Gasteiger partial charge in [-0.15, -0.1) is 0 Å². The number of carbonyl (C=O) groups is 2. The molecule has 6 nitrogen and oxygen atoms in total. The Bertz CT molecular complexity index is 686. The fourth-order valence-corrected chi connectivity index (χ4v) is 1.86. The second-order valence-corrected chi connectivity index (χ2v) is 4.41. The summed E-state index contributed by atoms with van der Waals surface area (Å²) < 4.78 is 45.3. The zero-order valence-corrected chi connectivity index (χ0v) is 10.8. The lowest BCUT2D eigenvalue weighted by molar-refractivity contribution is -0.137. The Kier molecular flexibility index (Phi) is 3.89. The minimum Gasteiger partial charge on any atom is -0.478 e. The van der Waals surface area contributed by atoms with Crippen molar-refractivity contribution in [1.82, 2.24) is 8.75 Å². The molecule has 1 aromatic heterocycles. The fourth-order valence-electron chi connectivity index (χ4n) is 1.45. The monoisotopic (exact) mass is 317 g/mol. The maximum atomic E-state index is 12.7. The number of carbonyl (C=O) groups excluding carboxylic acids is 1. The van der Waals surface area contributed by atoms with Crippen LogP contribution < -0.4 is 5.32 Å². The van der Waals surface area contributed by atoms with Crippen LogP contribution in [0, 0.1) is 0 Å². The first-order valence-corrected chi connectivity index (χ1v) is 6.05. The number of carboxylic acids is 1. The molecule has 0 radical (unpaired) electrons. The Morgan fingerprint density at radius 2 is 1.95 bits per heavy atom. The second-order valence-electron chi connectivity index (χ2n) is 3.85. The van der Waals surface area contributed by atoms with E-state index in [0.717, 1.165) is 24.0 Å². The number of amides is 1. The average molecular weight is 317 g/mol. The molecule has 2 aromatic rings. The van der Waals surface area contributed by atoms with E-state index in [1.807, 2.05) is 0 Å². The lowest BCUT2D eigenvalue weighted by atomic mass is 10.1. The van der Waals surface area contributed by atoms with Crippen LogP contribution >= 0.6 is 11.7 Å². The number of rotatable bonds is 3. The van der Waals surface area contributed by atoms with Gasteiger partial charge in [0.25, 0.3) is 5.91 Å². The Morgan fingerprint density at radius 1 is 1.24 bits per heavy atom. The van der Waals surface area contributed by atoms with Gasteiger partial charge in [0, 0.05) is 5.69 Å². The molecule has 1 heterocycles. The van der Waals surface area contributed by atoms with Gasteiger partial charge in [0.15, 0.2) is 5.69 Å². The van der Waals surface area contributed by atoms with Crippen LogP contribution in [0.3, 0.4) is 0 Å². The van der Waals surface area contributed by atoms with Crippen LogP contribution in [0.4, 0.5) is 18.9 Å². The van der Waals surface area contributed by atoms with Gasteiger partial charge in [-0.25, -0.2) is 4.79 Å². The van der Waals surface area contributed by atoms with Gasteiger partial charge in [0.05, 0.1) is 29.1 Å². The third-order valence-corrected chi connectivity index (χ3v) is 2.84. The molecule has 2 N–H and O–H groups in total. The van der Waals surface area contributed by atoms with Crippen molar-refractivity contribution in [3.05, 3.63) is 41.2 Å². The maximum Gasteiger partial charge on any atom is 0.416 e. The van der Waals surface area contributed by atoms with Gasteiger partial charge < -0.3 is 10.4 Å². The predicted molar refractivity (Wildman–Crippen MR) is 66.3 cm³/mol. The first-order chi connectivity index (χ1) is 9.77. The van der Waals surface area contributed by atoms with Crippen LogP contribution in [0.15, 0.2) is 24.4 Å². The molecule has 1 amide bonds. The van der Waals surface area contributed by atoms with Crippen molar-refractivity contribution in [2.75, 3.05) is 5.32 Å². The third-order valence-electron chi connectivity index (χ3n) is 2.36. The van der Waals surface area contributed by atoms with Gasteiger partial charge in [-0.1, -0.05) is 0 Å². The number of benzene rings is 1. The number of alkyl halides is 3. The number of hydrogen-bond acceptors (Lipinski definition) is 5. The minimum atomic E-state index is -4.73. The number of halogens is 3. The van der Waals surface area contributed by atoms with Crippen LogP contribution in [-0.4, -0.2) is 25.7 Å². The van der Waals surface area contributed by atoms with E-state index < -0.39 is 29.2 Å². The highest BCUT2D eigenvalue weighted by Crippen LogP contribution is 2.32. The Balaban J connectivity index is 2.37. The van der Waals surface area contributed by atoms with E-state index in [1.54, 1.807) is 0 Å². The summed E-state index contributed by atoms with van der Waals surface area (Å²) in [7, 11) is 0. The van der Waals surface area contributed by atoms with Crippen LogP contribution in [0.25, 0.3) is 0 Å². The SMILES string of the molecule is O=C(O)c1cc(NC(=O)c2cnsn2)cc(C(F)(F)F)c1. The fraction of sp³-hybridized carbons (Fsp3) is 0.0909. The molecular weight excluding hydrogens is 311 g/mol. The Labute approximate surface area is 119 Å². The van der Waals surface area contributed by atoms with Gasteiger partial charge >= 0.3 is 12.1 Å². The molecule has 0 aliphatic rings. The molecule has 0 saturated carbocycles. The highest BCUT2D eigenvalue weighted by Gasteiger charge is 2.32. The topological polar surface area (TPSA) is 92.2 Å². The number of anilines is 1. The molecule has 0 aliphatic heterocycles. The average Bonchev–Trinajstić information content (AvgIpc) is 2.91. The number of aromatic nitrogens is 2. The number of aromatic carboxylic acids is 1. The van der Waals surface area contributed by atoms with Crippen molar-refractivity contribution in [2.24, 2.45) is 0 Å². The largest absolute Gasteiger partial charge is 0.478 e. The van der Waals surface area contributed by atoms with Gasteiger partial charge in [-0.2, -0.15) is 21.9 Å². The van der Waals surface area contributed by atoms with Gasteiger partial charge in [0.1, 0.15) is 0 Å². The summed E-state index contributed by atoms with van der Waals surface area (Å²) in [6.07, 6.45) is -3.58. The van der Waals surface area contributed by atoms with E-state index in [4.69, 9.17) is 5.11 Å². The molecule has 10 heteroatoms. The van der Waals surface area contributed by atoms with Crippen molar-refractivity contribution in [1.29, 1.82) is 0 Å². The summed E-state index contributed by atoms with van der Waals surface area (Å²) in [6.45, 7) is 0. The van der Waals surface area contributed by atoms with E-state index in [9.17, 15) is 22.8 Å². The van der Waals surface area contributed by atoms with Crippen LogP contribution in [0.1, 0.15) is 26.4 Å². The molecule has 0 spiro atoms. The molecule has 21 heavy (non-hydrogen) atoms. The number of nitrogens with one attached hydrogen (secondary N) is 1. The Morgan fingerprint density at radius 3 is 2.48 bits per heavy atom. The second kappa shape index (κ2) is 5.48. The van der Waals surface area contributed by atoms with Gasteiger partial charge in [-0.05, 0) is 18.2 Å². The van der Waals surface area contributed by atoms with Crippen LogP contribution in [0.5, 0.6) is 0 Å². The summed E-state index contributed by atoms with van der Waals surface area (Å²) >= 11 is 0.759. The lowest BCUT2D eigenvalue weighted by Gasteiger charge is -2.11. The molecular formula is C11H6F3N3O3S. The summed E-state index contributed by atoms with van der Waals surface area (Å²) in [5, 5.41) is 11.0. The standard InChI is InChI=1S/C11H6F3N3O3S/c12-11(13,14)6-1-5(10(19)20)2-7(3-6)16-9(18)8-4-15-21-17-8/h1-4H,(H,16,18)(H,19,20). The van der Waals surface area contributed by atoms with Crippen LogP contribution in [-0.2, 0) is 6.18 Å². The molecule has 0 fully saturated rings. The highest BCUT2D eigenvalue weighted by molar-refractivity contribution is 6.99. The summed E-state index contributed by atoms with van der Waals surface area (Å²) in [5.74, 6) is -2.31. The minimum absolute atomic E-state index is 0.0747. The molecule has 0 atom stereocenters. The molecule has 1 aromatic carbocycles. The lowest BCUT2D eigenvalue weighted by Crippen LogP contribution is -2.15. The summed E-state index contributed by atoms with van der Waals surface area (Å²) in [5.41, 5.74) is -2.12. The van der Waals surface area contributed by atoms with Crippen molar-refractivity contribution in [3.8, 4) is 0 Å². The van der Waals surface area contributed by atoms with Gasteiger partial charge in [0.2, 0.25) is 0 Å². The van der Waals surface area contributed by atoms with E-state index in [1.165, 1.54) is 0 Å². The van der Waals surface area contributed by atoms with Gasteiger partial charge in [-0.3, -0.25) is 4.79 Å². The van der Waals surface area contributed by atoms with Crippen molar-refractivity contribution < 1.29 is 27.9 Å². The summed E-state index contributed by atoms with van der Waals surface area (Å²) in [4.78, 5) is 22.5. The third kappa shape index (κ3) is 3.54. The molecule has 0 unspecified atom stereocenters. The highest BCUT2D eigenvalue weighted by atomic mass is 32.1. The quantitative estimate of drug-likeness (QED) is 0.907. The van der Waals surface area contributed by atoms with Crippen molar-refractivity contribution in [2.45, 2.75) is 6.18 Å². The normalized spacial score (nSPS) is 11.2. The van der Waals surface area contributed by atoms with Crippen molar-refractivity contribution in [3.63, 3.8) is 0 Å². The number of carboxylic acid groups (broad SMARTS) is 1. The van der Waals surface area contributed by atoms with E-state index in [2.05, 4.69) is 14.1 Å². The first kappa shape index (κ1) is 14.9. The summed E-state index contributed by atoms with van der Waals surface area (Å²) in [6, 6.07) is 2.06. The number of nitrogens with zero attached hydrogens (tertiary/aromatic N) is 2. The zero-order valence-electron chi connectivity index (χ0n) is 10.0. The maximum absolute atomic E-state index is 12.7. The molecule has 0 aliphatic carbocycles. The molecule has 0 bridgehead atoms. The molecule has 2 rings (SSSR count). The first-order valence-electron chi connectivity index (χ1n) is 5.32. The smallest absolute Gasteiger partial charge is 0.416 e. The van der Waals surface area contributed by atoms with Crippen molar-refractivity contribution >= 4 is 29.3 Å². The molecule has 0 saturated heterocycles. The van der Waals surface area contributed by atoms with Crippen LogP contribution in [0.2, 0.25) is 0 Å². The Hall–Kier alpha value is -2.49. The predicted octanol–water partition coefficient (Wildman–Crippen LogP) is 2.51. The zero-order chi connectivity index (χ0) is 15.6. The molecule has 110 valence electrons.